The van der Waals surface area contributed by atoms with E-state index in [1.165, 1.54) is 5.57 Å². The Bertz CT molecular complexity index is 431. The summed E-state index contributed by atoms with van der Waals surface area (Å²) in [7, 11) is 0. The zero-order valence-electron chi connectivity index (χ0n) is 11.0. The number of fused-ring (bicyclic) bond motifs is 1. The van der Waals surface area contributed by atoms with Crippen LogP contribution < -0.4 is 0 Å². The van der Waals surface area contributed by atoms with Gasteiger partial charge in [0.05, 0.1) is 6.10 Å². The summed E-state index contributed by atoms with van der Waals surface area (Å²) in [6.07, 6.45) is 5.61. The van der Waals surface area contributed by atoms with Crippen molar-refractivity contribution in [2.24, 2.45) is 5.92 Å². The zero-order valence-corrected chi connectivity index (χ0v) is 11.0. The molecule has 1 heterocycles. The third kappa shape index (κ3) is 2.56. The van der Waals surface area contributed by atoms with Crippen molar-refractivity contribution >= 4 is 5.97 Å². The van der Waals surface area contributed by atoms with E-state index in [0.717, 1.165) is 18.4 Å². The van der Waals surface area contributed by atoms with Crippen molar-refractivity contribution in [1.82, 2.24) is 0 Å². The van der Waals surface area contributed by atoms with E-state index < -0.39 is 6.10 Å². The van der Waals surface area contributed by atoms with Crippen molar-refractivity contribution in [3.63, 3.8) is 0 Å². The summed E-state index contributed by atoms with van der Waals surface area (Å²) in [4.78, 5) is 11.6. The molecule has 0 amide bonds. The number of hydrogen-bond donors (Lipinski definition) is 1. The first-order valence-electron chi connectivity index (χ1n) is 6.41. The summed E-state index contributed by atoms with van der Waals surface area (Å²) >= 11 is 0. The van der Waals surface area contributed by atoms with E-state index in [-0.39, 0.29) is 18.0 Å². The lowest BCUT2D eigenvalue weighted by atomic mass is 9.88. The molecule has 98 valence electrons. The third-order valence-electron chi connectivity index (χ3n) is 3.84. The number of carbonyl (C=O) groups is 1. The number of aliphatic hydroxyl groups is 1. The SMILES string of the molecule is C=C1C(=O)O[C@@H]2/C=C(\C)[C@H](O)C/C=C(/C)CC[C@@H]12. The fourth-order valence-corrected chi connectivity index (χ4v) is 2.47. The standard InChI is InChI=1S/C15H20O3/c1-9-4-6-12-11(3)15(17)18-14(12)8-10(2)13(16)7-5-9/h5,8,12-14,16H,3-4,6-7H2,1-2H3/b9-5-,10-8+/t12-,13+,14+/m0/s1. The van der Waals surface area contributed by atoms with Gasteiger partial charge in [-0.3, -0.25) is 0 Å². The number of rotatable bonds is 0. The Balaban J connectivity index is 2.29. The van der Waals surface area contributed by atoms with Crippen molar-refractivity contribution in [3.05, 3.63) is 35.5 Å². The first kappa shape index (κ1) is 13.1. The quantitative estimate of drug-likeness (QED) is 0.407. The van der Waals surface area contributed by atoms with E-state index in [9.17, 15) is 9.90 Å². The third-order valence-corrected chi connectivity index (χ3v) is 3.84. The Morgan fingerprint density at radius 1 is 1.44 bits per heavy atom. The van der Waals surface area contributed by atoms with Crippen LogP contribution in [0.2, 0.25) is 0 Å². The Hall–Kier alpha value is -1.35. The molecule has 0 aromatic carbocycles. The molecule has 1 aliphatic carbocycles. The van der Waals surface area contributed by atoms with Gasteiger partial charge in [0.1, 0.15) is 6.10 Å². The lowest BCUT2D eigenvalue weighted by Crippen LogP contribution is -2.18. The second-order valence-corrected chi connectivity index (χ2v) is 5.25. The minimum atomic E-state index is -0.494. The molecular weight excluding hydrogens is 228 g/mol. The molecular formula is C15H20O3. The topological polar surface area (TPSA) is 46.5 Å². The maximum Gasteiger partial charge on any atom is 0.334 e. The molecule has 1 N–H and O–H groups in total. The van der Waals surface area contributed by atoms with Crippen molar-refractivity contribution in [2.75, 3.05) is 0 Å². The van der Waals surface area contributed by atoms with Crippen LogP contribution in [0, 0.1) is 5.92 Å². The minimum Gasteiger partial charge on any atom is -0.454 e. The number of esters is 1. The van der Waals surface area contributed by atoms with Gasteiger partial charge >= 0.3 is 5.97 Å². The zero-order chi connectivity index (χ0) is 13.3. The summed E-state index contributed by atoms with van der Waals surface area (Å²) in [5.41, 5.74) is 2.67. The van der Waals surface area contributed by atoms with E-state index >= 15 is 0 Å². The van der Waals surface area contributed by atoms with Crippen LogP contribution in [0.1, 0.15) is 33.1 Å². The lowest BCUT2D eigenvalue weighted by Gasteiger charge is -2.19. The van der Waals surface area contributed by atoms with Crippen LogP contribution in [0.4, 0.5) is 0 Å². The highest BCUT2D eigenvalue weighted by Gasteiger charge is 2.37. The van der Waals surface area contributed by atoms with Gasteiger partial charge in [-0.1, -0.05) is 18.2 Å². The summed E-state index contributed by atoms with van der Waals surface area (Å²) < 4.78 is 5.32. The van der Waals surface area contributed by atoms with Crippen molar-refractivity contribution in [3.8, 4) is 0 Å². The molecule has 18 heavy (non-hydrogen) atoms. The molecule has 3 nitrogen and oxygen atoms in total. The molecule has 0 spiro atoms. The molecule has 0 unspecified atom stereocenters. The molecule has 0 bridgehead atoms. The molecule has 1 saturated heterocycles. The monoisotopic (exact) mass is 248 g/mol. The molecule has 0 aromatic heterocycles. The average Bonchev–Trinajstić information content (AvgIpc) is 2.59. The van der Waals surface area contributed by atoms with Crippen LogP contribution in [0.25, 0.3) is 0 Å². The van der Waals surface area contributed by atoms with Gasteiger partial charge in [0.15, 0.2) is 0 Å². The predicted octanol–water partition coefficient (Wildman–Crippen LogP) is 2.52. The van der Waals surface area contributed by atoms with Crippen LogP contribution in [0.15, 0.2) is 35.5 Å². The van der Waals surface area contributed by atoms with Crippen molar-refractivity contribution < 1.29 is 14.6 Å². The highest BCUT2D eigenvalue weighted by Crippen LogP contribution is 2.34. The molecule has 2 aliphatic rings. The Labute approximate surface area is 108 Å². The van der Waals surface area contributed by atoms with Gasteiger partial charge in [-0.15, -0.1) is 0 Å². The Kier molecular flexibility index (Phi) is 3.71. The number of carbonyl (C=O) groups excluding carboxylic acids is 1. The largest absolute Gasteiger partial charge is 0.454 e. The van der Waals surface area contributed by atoms with Crippen LogP contribution in [0.5, 0.6) is 0 Å². The van der Waals surface area contributed by atoms with Gasteiger partial charge in [-0.25, -0.2) is 4.79 Å². The van der Waals surface area contributed by atoms with E-state index in [1.807, 2.05) is 13.0 Å². The molecule has 2 rings (SSSR count). The first-order valence-corrected chi connectivity index (χ1v) is 6.41. The van der Waals surface area contributed by atoms with Gasteiger partial charge in [-0.2, -0.15) is 0 Å². The summed E-state index contributed by atoms with van der Waals surface area (Å²) in [5.74, 6) is -0.259. The van der Waals surface area contributed by atoms with Gasteiger partial charge in [0.25, 0.3) is 0 Å². The van der Waals surface area contributed by atoms with E-state index in [4.69, 9.17) is 4.74 Å². The van der Waals surface area contributed by atoms with Gasteiger partial charge < -0.3 is 9.84 Å². The normalized spacial score (nSPS) is 39.2. The molecule has 0 aromatic rings. The Morgan fingerprint density at radius 3 is 2.89 bits per heavy atom. The Morgan fingerprint density at radius 2 is 2.17 bits per heavy atom. The number of allylic oxidation sites excluding steroid dienone is 1. The van der Waals surface area contributed by atoms with E-state index in [2.05, 4.69) is 19.6 Å². The first-order chi connectivity index (χ1) is 8.49. The van der Waals surface area contributed by atoms with E-state index in [1.54, 1.807) is 0 Å². The molecule has 1 aliphatic heterocycles. The maximum atomic E-state index is 11.6. The summed E-state index contributed by atoms with van der Waals surface area (Å²) in [6.45, 7) is 7.76. The highest BCUT2D eigenvalue weighted by atomic mass is 16.5. The minimum absolute atomic E-state index is 0.0427. The maximum absolute atomic E-state index is 11.6. The average molecular weight is 248 g/mol. The fraction of sp³-hybridized carbons (Fsp3) is 0.533. The molecule has 3 heteroatoms. The van der Waals surface area contributed by atoms with Crippen LogP contribution in [-0.4, -0.2) is 23.3 Å². The second-order valence-electron chi connectivity index (χ2n) is 5.25. The summed E-state index contributed by atoms with van der Waals surface area (Å²) in [6, 6.07) is 0. The van der Waals surface area contributed by atoms with Gasteiger partial charge in [0, 0.05) is 11.5 Å². The van der Waals surface area contributed by atoms with Crippen LogP contribution in [-0.2, 0) is 9.53 Å². The lowest BCUT2D eigenvalue weighted by molar-refractivity contribution is -0.137. The van der Waals surface area contributed by atoms with E-state index in [0.29, 0.717) is 12.0 Å². The number of hydrogen-bond acceptors (Lipinski definition) is 3. The fourth-order valence-electron chi connectivity index (χ4n) is 2.47. The number of aliphatic hydroxyl groups excluding tert-OH is 1. The van der Waals surface area contributed by atoms with Gasteiger partial charge in [-0.05, 0) is 44.8 Å². The van der Waals surface area contributed by atoms with Crippen LogP contribution in [0.3, 0.4) is 0 Å². The van der Waals surface area contributed by atoms with Crippen LogP contribution >= 0.6 is 0 Å². The second kappa shape index (κ2) is 5.11. The number of ether oxygens (including phenoxy) is 1. The van der Waals surface area contributed by atoms with Gasteiger partial charge in [0.2, 0.25) is 0 Å². The van der Waals surface area contributed by atoms with Crippen molar-refractivity contribution in [1.29, 1.82) is 0 Å². The summed E-state index contributed by atoms with van der Waals surface area (Å²) in [5, 5.41) is 9.99. The molecule has 3 atom stereocenters. The molecule has 1 fully saturated rings. The smallest absolute Gasteiger partial charge is 0.334 e. The van der Waals surface area contributed by atoms with Crippen molar-refractivity contribution in [2.45, 2.75) is 45.3 Å². The highest BCUT2D eigenvalue weighted by molar-refractivity contribution is 5.91. The molecule has 0 saturated carbocycles. The molecule has 0 radical (unpaired) electrons. The predicted molar refractivity (Wildman–Crippen MR) is 69.9 cm³/mol.